The molecule has 0 saturated carbocycles. The summed E-state index contributed by atoms with van der Waals surface area (Å²) in [5.74, 6) is 0.834. The van der Waals surface area contributed by atoms with E-state index in [0.717, 1.165) is 12.4 Å². The number of thiol groups is 1. The van der Waals surface area contributed by atoms with Gasteiger partial charge in [0.2, 0.25) is 0 Å². The number of benzene rings is 1. The van der Waals surface area contributed by atoms with Gasteiger partial charge in [0.05, 0.1) is 12.9 Å². The lowest BCUT2D eigenvalue weighted by Crippen LogP contribution is -1.94. The largest absolute Gasteiger partial charge is 0.499 e. The van der Waals surface area contributed by atoms with Crippen LogP contribution >= 0.6 is 12.6 Å². The Morgan fingerprint density at radius 3 is 2.53 bits per heavy atom. The predicted molar refractivity (Wildman–Crippen MR) is 65.0 cm³/mol. The lowest BCUT2D eigenvalue weighted by Gasteiger charge is -1.90. The molecule has 0 aromatic heterocycles. The minimum atomic E-state index is 0.359. The Hall–Kier alpha value is -0.930. The summed E-state index contributed by atoms with van der Waals surface area (Å²) in [7, 11) is 0. The Bertz CT molecular complexity index is 270. The van der Waals surface area contributed by atoms with Crippen molar-refractivity contribution in [2.75, 3.05) is 13.2 Å². The average Bonchev–Trinajstić information content (AvgIpc) is 3.12. The van der Waals surface area contributed by atoms with Crippen LogP contribution in [0.15, 0.2) is 43.2 Å². The molecule has 0 amide bonds. The van der Waals surface area contributed by atoms with Crippen LogP contribution in [-0.4, -0.2) is 19.3 Å². The molecule has 0 radical (unpaired) electrons. The summed E-state index contributed by atoms with van der Waals surface area (Å²) in [5, 5.41) is 0. The fourth-order valence-electron chi connectivity index (χ4n) is 0.923. The van der Waals surface area contributed by atoms with Gasteiger partial charge in [-0.1, -0.05) is 36.9 Å². The molecular formula is C12H16O2S. The van der Waals surface area contributed by atoms with Gasteiger partial charge in [0, 0.05) is 5.75 Å². The molecule has 0 N–H and O–H groups in total. The Balaban J connectivity index is 0.000000151. The second kappa shape index (κ2) is 7.37. The van der Waals surface area contributed by atoms with Crippen molar-refractivity contribution in [3.8, 4) is 0 Å². The maximum Gasteiger partial charge on any atom is 0.116 e. The molecule has 1 aliphatic rings. The van der Waals surface area contributed by atoms with Crippen molar-refractivity contribution < 1.29 is 9.47 Å². The highest BCUT2D eigenvalue weighted by Crippen LogP contribution is 2.07. The fraction of sp³-hybridized carbons (Fsp3) is 0.333. The van der Waals surface area contributed by atoms with E-state index in [9.17, 15) is 0 Å². The quantitative estimate of drug-likeness (QED) is 0.482. The molecule has 1 aromatic rings. The second-order valence-electron chi connectivity index (χ2n) is 3.10. The third-order valence-electron chi connectivity index (χ3n) is 1.83. The summed E-state index contributed by atoms with van der Waals surface area (Å²) in [5.41, 5.74) is 1.27. The molecule has 3 heteroatoms. The first-order valence-electron chi connectivity index (χ1n) is 4.85. The molecule has 1 saturated heterocycles. The van der Waals surface area contributed by atoms with Crippen molar-refractivity contribution in [1.82, 2.24) is 0 Å². The fourth-order valence-corrected chi connectivity index (χ4v) is 1.13. The first-order chi connectivity index (χ1) is 7.36. The maximum absolute atomic E-state index is 4.84. The van der Waals surface area contributed by atoms with Crippen molar-refractivity contribution in [3.63, 3.8) is 0 Å². The number of ether oxygens (including phenoxy) is 2. The first kappa shape index (κ1) is 12.1. The second-order valence-corrected chi connectivity index (χ2v) is 3.42. The SMILES string of the molecule is C=COCC1CO1.SCc1ccccc1. The Morgan fingerprint density at radius 1 is 1.47 bits per heavy atom. The number of epoxide rings is 1. The normalized spacial score (nSPS) is 17.3. The van der Waals surface area contributed by atoms with E-state index in [4.69, 9.17) is 9.47 Å². The number of hydrogen-bond donors (Lipinski definition) is 1. The van der Waals surface area contributed by atoms with Crippen LogP contribution in [0.3, 0.4) is 0 Å². The van der Waals surface area contributed by atoms with E-state index in [1.54, 1.807) is 0 Å². The van der Waals surface area contributed by atoms with Crippen molar-refractivity contribution in [2.24, 2.45) is 0 Å². The van der Waals surface area contributed by atoms with Gasteiger partial charge in [-0.15, -0.1) is 0 Å². The van der Waals surface area contributed by atoms with Crippen molar-refractivity contribution >= 4 is 12.6 Å². The zero-order valence-corrected chi connectivity index (χ0v) is 9.53. The van der Waals surface area contributed by atoms with Crippen LogP contribution in [0.2, 0.25) is 0 Å². The standard InChI is InChI=1S/C7H8S.C5H8O2/c8-6-7-4-2-1-3-5-7;1-2-6-3-5-4-7-5/h1-5,8H,6H2;2,5H,1,3-4H2. The van der Waals surface area contributed by atoms with Crippen molar-refractivity contribution in [1.29, 1.82) is 0 Å². The summed E-state index contributed by atoms with van der Waals surface area (Å²) in [6, 6.07) is 10.2. The molecule has 1 fully saturated rings. The molecule has 15 heavy (non-hydrogen) atoms. The number of hydrogen-bond acceptors (Lipinski definition) is 3. The van der Waals surface area contributed by atoms with Gasteiger partial charge in [0.25, 0.3) is 0 Å². The highest BCUT2D eigenvalue weighted by molar-refractivity contribution is 7.79. The van der Waals surface area contributed by atoms with E-state index < -0.39 is 0 Å². The highest BCUT2D eigenvalue weighted by atomic mass is 32.1. The molecule has 2 nitrogen and oxygen atoms in total. The molecule has 0 bridgehead atoms. The van der Waals surface area contributed by atoms with Crippen molar-refractivity contribution in [2.45, 2.75) is 11.9 Å². The van der Waals surface area contributed by atoms with Gasteiger partial charge in [0.1, 0.15) is 12.7 Å². The molecule has 0 aliphatic carbocycles. The Morgan fingerprint density at radius 2 is 2.13 bits per heavy atom. The van der Waals surface area contributed by atoms with E-state index in [1.165, 1.54) is 11.8 Å². The van der Waals surface area contributed by atoms with Gasteiger partial charge in [-0.05, 0) is 5.56 Å². The minimum absolute atomic E-state index is 0.359. The third kappa shape index (κ3) is 6.20. The monoisotopic (exact) mass is 224 g/mol. The zero-order valence-electron chi connectivity index (χ0n) is 8.63. The van der Waals surface area contributed by atoms with Gasteiger partial charge in [-0.3, -0.25) is 0 Å². The van der Waals surface area contributed by atoms with Crippen LogP contribution in [0, 0.1) is 0 Å². The van der Waals surface area contributed by atoms with Gasteiger partial charge >= 0.3 is 0 Å². The lowest BCUT2D eigenvalue weighted by molar-refractivity contribution is 0.213. The van der Waals surface area contributed by atoms with Crippen LogP contribution < -0.4 is 0 Å². The molecule has 82 valence electrons. The van der Waals surface area contributed by atoms with E-state index in [1.807, 2.05) is 18.2 Å². The third-order valence-corrected chi connectivity index (χ3v) is 2.19. The number of rotatable bonds is 4. The van der Waals surface area contributed by atoms with Gasteiger partial charge in [0.15, 0.2) is 0 Å². The van der Waals surface area contributed by atoms with Crippen molar-refractivity contribution in [3.05, 3.63) is 48.7 Å². The van der Waals surface area contributed by atoms with E-state index >= 15 is 0 Å². The zero-order chi connectivity index (χ0) is 10.9. The highest BCUT2D eigenvalue weighted by Gasteiger charge is 2.21. The van der Waals surface area contributed by atoms with Gasteiger partial charge < -0.3 is 9.47 Å². The van der Waals surface area contributed by atoms with Crippen LogP contribution in [0.5, 0.6) is 0 Å². The van der Waals surface area contributed by atoms with E-state index in [2.05, 4.69) is 31.3 Å². The maximum atomic E-state index is 4.84. The summed E-state index contributed by atoms with van der Waals surface area (Å²) >= 11 is 4.11. The molecule has 1 heterocycles. The van der Waals surface area contributed by atoms with Gasteiger partial charge in [-0.2, -0.15) is 12.6 Å². The molecule has 1 atom stereocenters. The smallest absolute Gasteiger partial charge is 0.116 e. The first-order valence-corrected chi connectivity index (χ1v) is 5.49. The summed E-state index contributed by atoms with van der Waals surface area (Å²) in [6.45, 7) is 4.91. The molecule has 1 unspecified atom stereocenters. The molecular weight excluding hydrogens is 208 g/mol. The lowest BCUT2D eigenvalue weighted by atomic mass is 10.2. The van der Waals surface area contributed by atoms with E-state index in [-0.39, 0.29) is 0 Å². The summed E-state index contributed by atoms with van der Waals surface area (Å²) in [4.78, 5) is 0. The average molecular weight is 224 g/mol. The Labute approximate surface area is 96.3 Å². The summed E-state index contributed by atoms with van der Waals surface area (Å²) < 4.78 is 9.63. The van der Waals surface area contributed by atoms with Crippen LogP contribution in [0.1, 0.15) is 5.56 Å². The minimum Gasteiger partial charge on any atom is -0.499 e. The topological polar surface area (TPSA) is 21.8 Å². The summed E-state index contributed by atoms with van der Waals surface area (Å²) in [6.07, 6.45) is 1.79. The van der Waals surface area contributed by atoms with Crippen LogP contribution in [-0.2, 0) is 15.2 Å². The van der Waals surface area contributed by atoms with Gasteiger partial charge in [-0.25, -0.2) is 0 Å². The van der Waals surface area contributed by atoms with Crippen LogP contribution in [0.4, 0.5) is 0 Å². The molecule has 2 rings (SSSR count). The van der Waals surface area contributed by atoms with E-state index in [0.29, 0.717) is 12.7 Å². The molecule has 1 aromatic carbocycles. The predicted octanol–water partition coefficient (Wildman–Crippen LogP) is 2.66. The molecule has 1 aliphatic heterocycles. The van der Waals surface area contributed by atoms with Crippen LogP contribution in [0.25, 0.3) is 0 Å². The Kier molecular flexibility index (Phi) is 5.97. The molecule has 0 spiro atoms.